The zero-order valence-electron chi connectivity index (χ0n) is 18.4. The molecule has 1 atom stereocenters. The van der Waals surface area contributed by atoms with Crippen LogP contribution in [0.15, 0.2) is 58.8 Å². The Morgan fingerprint density at radius 2 is 1.84 bits per heavy atom. The molecule has 0 aliphatic carbocycles. The number of nitrogens with one attached hydrogen (secondary N) is 1. The minimum atomic E-state index is -0.435. The molecule has 32 heavy (non-hydrogen) atoms. The molecule has 0 radical (unpaired) electrons. The Balaban J connectivity index is 1.79. The molecule has 0 bridgehead atoms. The van der Waals surface area contributed by atoms with Crippen molar-refractivity contribution in [2.45, 2.75) is 26.8 Å². The second-order valence-electron chi connectivity index (χ2n) is 8.09. The molecule has 2 aromatic carbocycles. The monoisotopic (exact) mass is 452 g/mol. The molecule has 2 heterocycles. The van der Waals surface area contributed by atoms with Crippen LogP contribution in [0.2, 0.25) is 5.02 Å². The molecule has 1 unspecified atom stereocenters. The van der Waals surface area contributed by atoms with Crippen LogP contribution in [0.25, 0.3) is 17.0 Å². The minimum absolute atomic E-state index is 0.154. The summed E-state index contributed by atoms with van der Waals surface area (Å²) in [5.41, 5.74) is 3.24. The van der Waals surface area contributed by atoms with Crippen LogP contribution in [0.1, 0.15) is 38.3 Å². The summed E-state index contributed by atoms with van der Waals surface area (Å²) < 4.78 is 11.0. The maximum atomic E-state index is 13.0. The van der Waals surface area contributed by atoms with E-state index in [1.54, 1.807) is 24.1 Å². The lowest BCUT2D eigenvalue weighted by Crippen LogP contribution is -2.47. The third-order valence-corrected chi connectivity index (χ3v) is 5.60. The third-order valence-electron chi connectivity index (χ3n) is 5.35. The lowest BCUT2D eigenvalue weighted by Gasteiger charge is -2.36. The van der Waals surface area contributed by atoms with Gasteiger partial charge in [0.25, 0.3) is 5.89 Å². The number of methoxy groups -OCH3 is 1. The number of carbonyl (C=O) groups excluding carboxylic acids is 1. The van der Waals surface area contributed by atoms with Gasteiger partial charge in [-0.15, -0.1) is 0 Å². The summed E-state index contributed by atoms with van der Waals surface area (Å²) in [6.07, 6.45) is 0. The molecule has 0 spiro atoms. The number of hydrogen-bond donors (Lipinski definition) is 1. The lowest BCUT2D eigenvalue weighted by molar-refractivity contribution is 0.199. The number of ether oxygens (including phenoxy) is 1. The van der Waals surface area contributed by atoms with E-state index in [0.717, 1.165) is 28.1 Å². The SMILES string of the molecule is COc1ccc(C2NC(=O)N(CC(C)C)C(C)=C2c2nc(-c3ccc(Cl)cc3)no2)cc1. The highest BCUT2D eigenvalue weighted by molar-refractivity contribution is 6.30. The number of aromatic nitrogens is 2. The number of benzene rings is 2. The number of nitrogens with zero attached hydrogens (tertiary/aromatic N) is 3. The molecule has 166 valence electrons. The second kappa shape index (κ2) is 9.04. The van der Waals surface area contributed by atoms with Gasteiger partial charge in [0, 0.05) is 22.8 Å². The van der Waals surface area contributed by atoms with E-state index in [-0.39, 0.29) is 6.03 Å². The number of urea groups is 1. The molecule has 1 aliphatic rings. The lowest BCUT2D eigenvalue weighted by atomic mass is 9.94. The molecule has 8 heteroatoms. The predicted molar refractivity (Wildman–Crippen MR) is 123 cm³/mol. The Morgan fingerprint density at radius 3 is 2.47 bits per heavy atom. The number of amides is 2. The molecule has 2 amide bonds. The quantitative estimate of drug-likeness (QED) is 0.530. The molecular weight excluding hydrogens is 428 g/mol. The van der Waals surface area contributed by atoms with Crippen molar-refractivity contribution in [2.24, 2.45) is 5.92 Å². The van der Waals surface area contributed by atoms with E-state index in [0.29, 0.717) is 29.2 Å². The van der Waals surface area contributed by atoms with E-state index < -0.39 is 6.04 Å². The van der Waals surface area contributed by atoms with E-state index in [4.69, 9.17) is 20.9 Å². The fourth-order valence-electron chi connectivity index (χ4n) is 3.74. The maximum Gasteiger partial charge on any atom is 0.322 e. The summed E-state index contributed by atoms with van der Waals surface area (Å²) in [5, 5.41) is 7.91. The first-order valence-electron chi connectivity index (χ1n) is 10.4. The van der Waals surface area contributed by atoms with Crippen molar-refractivity contribution in [3.05, 3.63) is 70.7 Å². The number of halogens is 1. The highest BCUT2D eigenvalue weighted by Gasteiger charge is 2.35. The van der Waals surface area contributed by atoms with Crippen molar-refractivity contribution in [1.29, 1.82) is 0 Å². The van der Waals surface area contributed by atoms with Crippen molar-refractivity contribution in [1.82, 2.24) is 20.4 Å². The Morgan fingerprint density at radius 1 is 1.16 bits per heavy atom. The Bertz CT molecular complexity index is 1140. The zero-order chi connectivity index (χ0) is 22.8. The van der Waals surface area contributed by atoms with Crippen LogP contribution in [0.5, 0.6) is 5.75 Å². The standard InChI is InChI=1S/C24H25ClN4O3/c1-14(2)13-29-15(3)20(21(26-24(29)30)16-7-11-19(31-4)12-8-16)23-27-22(28-32-23)17-5-9-18(25)10-6-17/h5-12,14,21H,13H2,1-4H3,(H,26,30). The maximum absolute atomic E-state index is 13.0. The highest BCUT2D eigenvalue weighted by atomic mass is 35.5. The number of hydrogen-bond acceptors (Lipinski definition) is 5. The summed E-state index contributed by atoms with van der Waals surface area (Å²) in [6, 6.07) is 14.2. The molecule has 0 fully saturated rings. The average Bonchev–Trinajstić information content (AvgIpc) is 3.26. The van der Waals surface area contributed by atoms with Gasteiger partial charge >= 0.3 is 6.03 Å². The molecule has 7 nitrogen and oxygen atoms in total. The Labute approximate surface area is 192 Å². The van der Waals surface area contributed by atoms with E-state index in [2.05, 4.69) is 29.3 Å². The smallest absolute Gasteiger partial charge is 0.322 e. The van der Waals surface area contributed by atoms with E-state index in [9.17, 15) is 4.79 Å². The average molecular weight is 453 g/mol. The van der Waals surface area contributed by atoms with Gasteiger partial charge in [-0.25, -0.2) is 4.79 Å². The van der Waals surface area contributed by atoms with Crippen LogP contribution < -0.4 is 10.1 Å². The molecule has 3 aromatic rings. The van der Waals surface area contributed by atoms with Crippen molar-refractivity contribution < 1.29 is 14.1 Å². The van der Waals surface area contributed by atoms with Crippen LogP contribution in [0, 0.1) is 5.92 Å². The van der Waals surface area contributed by atoms with Gasteiger partial charge < -0.3 is 14.6 Å². The predicted octanol–water partition coefficient (Wildman–Crippen LogP) is 5.55. The molecule has 1 aliphatic heterocycles. The van der Waals surface area contributed by atoms with Crippen molar-refractivity contribution >= 4 is 23.2 Å². The van der Waals surface area contributed by atoms with Gasteiger partial charge in [-0.3, -0.25) is 4.90 Å². The topological polar surface area (TPSA) is 80.5 Å². The van der Waals surface area contributed by atoms with Gasteiger partial charge in [0.05, 0.1) is 18.7 Å². The van der Waals surface area contributed by atoms with Crippen LogP contribution >= 0.6 is 11.6 Å². The van der Waals surface area contributed by atoms with Gasteiger partial charge in [0.2, 0.25) is 5.82 Å². The molecule has 0 saturated heterocycles. The first-order chi connectivity index (χ1) is 15.4. The van der Waals surface area contributed by atoms with Crippen LogP contribution in [0.3, 0.4) is 0 Å². The fourth-order valence-corrected chi connectivity index (χ4v) is 3.86. The number of allylic oxidation sites excluding steroid dienone is 1. The first-order valence-corrected chi connectivity index (χ1v) is 10.8. The van der Waals surface area contributed by atoms with E-state index in [1.807, 2.05) is 43.3 Å². The zero-order valence-corrected chi connectivity index (χ0v) is 19.2. The van der Waals surface area contributed by atoms with Crippen molar-refractivity contribution in [3.63, 3.8) is 0 Å². The van der Waals surface area contributed by atoms with Gasteiger partial charge in [-0.2, -0.15) is 4.98 Å². The molecule has 4 rings (SSSR count). The minimum Gasteiger partial charge on any atom is -0.497 e. The van der Waals surface area contributed by atoms with Crippen LogP contribution in [-0.4, -0.2) is 34.7 Å². The van der Waals surface area contributed by atoms with E-state index >= 15 is 0 Å². The molecule has 1 aromatic heterocycles. The van der Waals surface area contributed by atoms with Gasteiger partial charge in [0.15, 0.2) is 0 Å². The second-order valence-corrected chi connectivity index (χ2v) is 8.53. The normalized spacial score (nSPS) is 16.5. The Kier molecular flexibility index (Phi) is 6.19. The largest absolute Gasteiger partial charge is 0.497 e. The first kappa shape index (κ1) is 21.9. The van der Waals surface area contributed by atoms with Gasteiger partial charge in [-0.1, -0.05) is 42.7 Å². The summed E-state index contributed by atoms with van der Waals surface area (Å²) in [7, 11) is 1.62. The van der Waals surface area contributed by atoms with Crippen molar-refractivity contribution in [2.75, 3.05) is 13.7 Å². The van der Waals surface area contributed by atoms with Crippen molar-refractivity contribution in [3.8, 4) is 17.1 Å². The molecule has 1 N–H and O–H groups in total. The number of carbonyl (C=O) groups is 1. The summed E-state index contributed by atoms with van der Waals surface area (Å²) in [5.74, 6) is 1.85. The summed E-state index contributed by atoms with van der Waals surface area (Å²) in [4.78, 5) is 19.3. The fraction of sp³-hybridized carbons (Fsp3) is 0.292. The molecular formula is C24H25ClN4O3. The van der Waals surface area contributed by atoms with Crippen LogP contribution in [0.4, 0.5) is 4.79 Å². The van der Waals surface area contributed by atoms with Crippen LogP contribution in [-0.2, 0) is 0 Å². The Hall–Kier alpha value is -3.32. The highest BCUT2D eigenvalue weighted by Crippen LogP contribution is 2.38. The third kappa shape index (κ3) is 4.34. The van der Waals surface area contributed by atoms with E-state index in [1.165, 1.54) is 0 Å². The summed E-state index contributed by atoms with van der Waals surface area (Å²) >= 11 is 6.00. The van der Waals surface area contributed by atoms with Gasteiger partial charge in [-0.05, 0) is 54.8 Å². The van der Waals surface area contributed by atoms with Gasteiger partial charge in [0.1, 0.15) is 5.75 Å². The molecule has 0 saturated carbocycles. The number of rotatable bonds is 6. The summed E-state index contributed by atoms with van der Waals surface area (Å²) in [6.45, 7) is 6.64.